The number of para-hydroxylation sites is 1. The zero-order valence-electron chi connectivity index (χ0n) is 16.8. The Morgan fingerprint density at radius 1 is 1.03 bits per heavy atom. The first-order valence-corrected chi connectivity index (χ1v) is 10.5. The Morgan fingerprint density at radius 3 is 2.47 bits per heavy atom. The van der Waals surface area contributed by atoms with E-state index in [0.29, 0.717) is 18.3 Å². The number of carbonyl (C=O) groups excluding carboxylic acids is 1. The highest BCUT2D eigenvalue weighted by atomic mass is 16.6. The van der Waals surface area contributed by atoms with E-state index < -0.39 is 0 Å². The molecule has 1 saturated heterocycles. The van der Waals surface area contributed by atoms with Crippen LogP contribution in [0.5, 0.6) is 0 Å². The van der Waals surface area contributed by atoms with Gasteiger partial charge >= 0.3 is 6.09 Å². The van der Waals surface area contributed by atoms with Crippen LogP contribution < -0.4 is 10.2 Å². The average molecular weight is 403 g/mol. The summed E-state index contributed by atoms with van der Waals surface area (Å²) in [6, 6.07) is 21.7. The van der Waals surface area contributed by atoms with Crippen molar-refractivity contribution < 1.29 is 14.1 Å². The Hall–Kier alpha value is -3.28. The minimum Gasteiger partial charge on any atom is -0.441 e. The van der Waals surface area contributed by atoms with Crippen LogP contribution in [0.15, 0.2) is 71.3 Å². The zero-order chi connectivity index (χ0) is 20.4. The van der Waals surface area contributed by atoms with Gasteiger partial charge in [-0.25, -0.2) is 4.79 Å². The van der Waals surface area contributed by atoms with Gasteiger partial charge in [-0.15, -0.1) is 0 Å². The molecule has 0 unspecified atom stereocenters. The molecule has 1 aromatic heterocycles. The quantitative estimate of drug-likeness (QED) is 0.623. The molecule has 1 amide bonds. The van der Waals surface area contributed by atoms with Gasteiger partial charge in [0.2, 0.25) is 5.88 Å². The average Bonchev–Trinajstić information content (AvgIpc) is 3.39. The first-order chi connectivity index (χ1) is 14.7. The minimum absolute atomic E-state index is 0.229. The largest absolute Gasteiger partial charge is 0.441 e. The van der Waals surface area contributed by atoms with Crippen LogP contribution in [0.4, 0.5) is 16.4 Å². The van der Waals surface area contributed by atoms with Crippen LogP contribution in [0.25, 0.3) is 11.3 Å². The summed E-state index contributed by atoms with van der Waals surface area (Å²) in [7, 11) is 0. The van der Waals surface area contributed by atoms with Crippen molar-refractivity contribution in [2.75, 3.05) is 23.3 Å². The van der Waals surface area contributed by atoms with Crippen LogP contribution in [0, 0.1) is 5.92 Å². The minimum atomic E-state index is -0.351. The molecule has 2 fully saturated rings. The Labute approximate surface area is 175 Å². The van der Waals surface area contributed by atoms with Crippen molar-refractivity contribution >= 4 is 17.7 Å². The number of carbonyl (C=O) groups is 1. The van der Waals surface area contributed by atoms with Gasteiger partial charge in [-0.1, -0.05) is 53.7 Å². The Balaban J connectivity index is 1.15. The maximum absolute atomic E-state index is 12.4. The number of hydrogen-bond donors (Lipinski definition) is 1. The van der Waals surface area contributed by atoms with E-state index in [0.717, 1.165) is 49.2 Å². The Morgan fingerprint density at radius 2 is 1.73 bits per heavy atom. The van der Waals surface area contributed by atoms with Crippen molar-refractivity contribution in [2.24, 2.45) is 5.92 Å². The molecule has 2 aromatic carbocycles. The predicted molar refractivity (Wildman–Crippen MR) is 115 cm³/mol. The van der Waals surface area contributed by atoms with Crippen molar-refractivity contribution in [3.63, 3.8) is 0 Å². The molecule has 1 saturated carbocycles. The van der Waals surface area contributed by atoms with E-state index in [2.05, 4.69) is 10.5 Å². The topological polar surface area (TPSA) is 67.6 Å². The van der Waals surface area contributed by atoms with Gasteiger partial charge in [0.25, 0.3) is 0 Å². The summed E-state index contributed by atoms with van der Waals surface area (Å²) in [6.45, 7) is 1.47. The molecule has 0 atom stereocenters. The number of nitrogens with zero attached hydrogens (tertiary/aromatic N) is 2. The third-order valence-corrected chi connectivity index (χ3v) is 6.20. The second kappa shape index (κ2) is 7.86. The molecule has 0 bridgehead atoms. The highest BCUT2D eigenvalue weighted by Crippen LogP contribution is 2.40. The lowest BCUT2D eigenvalue weighted by Crippen LogP contribution is -2.39. The SMILES string of the molecule is O=C1O[C@]2(CC[C@H](CNc3cc(-c4ccccc4)no3)CC2)CN1c1ccccc1. The summed E-state index contributed by atoms with van der Waals surface area (Å²) in [4.78, 5) is 14.2. The molecule has 1 spiro atoms. The highest BCUT2D eigenvalue weighted by molar-refractivity contribution is 5.90. The second-order valence-corrected chi connectivity index (χ2v) is 8.24. The lowest BCUT2D eigenvalue weighted by Gasteiger charge is -2.35. The standard InChI is InChI=1S/C24H25N3O3/c28-23-27(20-9-5-2-6-10-20)17-24(29-23)13-11-18(12-14-24)16-25-22-15-21(26-30-22)19-7-3-1-4-8-19/h1-10,15,18,25H,11-14,16-17H2/t18-,24-. The number of nitrogens with one attached hydrogen (secondary N) is 1. The van der Waals surface area contributed by atoms with Crippen molar-refractivity contribution in [1.82, 2.24) is 5.16 Å². The number of aromatic nitrogens is 1. The number of amides is 1. The molecule has 0 radical (unpaired) electrons. The zero-order valence-corrected chi connectivity index (χ0v) is 16.8. The van der Waals surface area contributed by atoms with Crippen LogP contribution in [0.2, 0.25) is 0 Å². The van der Waals surface area contributed by atoms with Crippen molar-refractivity contribution in [1.29, 1.82) is 0 Å². The lowest BCUT2D eigenvalue weighted by atomic mass is 9.78. The maximum Gasteiger partial charge on any atom is 0.415 e. The molecule has 3 aromatic rings. The molecule has 6 nitrogen and oxygen atoms in total. The van der Waals surface area contributed by atoms with E-state index in [-0.39, 0.29) is 11.7 Å². The summed E-state index contributed by atoms with van der Waals surface area (Å²) >= 11 is 0. The normalized spacial score (nSPS) is 23.5. The molecular weight excluding hydrogens is 378 g/mol. The van der Waals surface area contributed by atoms with E-state index in [1.807, 2.05) is 66.7 Å². The molecule has 1 N–H and O–H groups in total. The third kappa shape index (κ3) is 3.77. The first kappa shape index (κ1) is 18.7. The number of ether oxygens (including phenoxy) is 1. The molecule has 1 aliphatic heterocycles. The molecule has 30 heavy (non-hydrogen) atoms. The fourth-order valence-corrected chi connectivity index (χ4v) is 4.45. The van der Waals surface area contributed by atoms with E-state index >= 15 is 0 Å². The van der Waals surface area contributed by atoms with Crippen LogP contribution in [0.3, 0.4) is 0 Å². The molecule has 2 heterocycles. The number of anilines is 2. The van der Waals surface area contributed by atoms with E-state index in [4.69, 9.17) is 9.26 Å². The Bertz CT molecular complexity index is 995. The Kier molecular flexibility index (Phi) is 4.91. The molecule has 5 rings (SSSR count). The van der Waals surface area contributed by atoms with Crippen molar-refractivity contribution in [2.45, 2.75) is 31.3 Å². The summed E-state index contributed by atoms with van der Waals surface area (Å²) in [5.74, 6) is 1.21. The smallest absolute Gasteiger partial charge is 0.415 e. The summed E-state index contributed by atoms with van der Waals surface area (Å²) in [5, 5.41) is 7.53. The number of rotatable bonds is 5. The van der Waals surface area contributed by atoms with Crippen LogP contribution in [-0.4, -0.2) is 29.9 Å². The fraction of sp³-hybridized carbons (Fsp3) is 0.333. The second-order valence-electron chi connectivity index (χ2n) is 8.24. The van der Waals surface area contributed by atoms with Crippen molar-refractivity contribution in [3.8, 4) is 11.3 Å². The molecule has 6 heteroatoms. The van der Waals surface area contributed by atoms with Crippen LogP contribution in [-0.2, 0) is 4.74 Å². The predicted octanol–water partition coefficient (Wildman–Crippen LogP) is 5.34. The third-order valence-electron chi connectivity index (χ3n) is 6.20. The van der Waals surface area contributed by atoms with Gasteiger partial charge in [0, 0.05) is 23.9 Å². The van der Waals surface area contributed by atoms with Gasteiger partial charge < -0.3 is 14.6 Å². The van der Waals surface area contributed by atoms with Crippen LogP contribution >= 0.6 is 0 Å². The van der Waals surface area contributed by atoms with Gasteiger partial charge in [-0.05, 0) is 43.7 Å². The highest BCUT2D eigenvalue weighted by Gasteiger charge is 2.47. The molecule has 154 valence electrons. The van der Waals surface area contributed by atoms with E-state index in [1.165, 1.54) is 0 Å². The summed E-state index contributed by atoms with van der Waals surface area (Å²) in [5.41, 5.74) is 2.43. The van der Waals surface area contributed by atoms with Gasteiger partial charge in [0.05, 0.1) is 6.54 Å². The number of benzene rings is 2. The lowest BCUT2D eigenvalue weighted by molar-refractivity contribution is 0.0148. The van der Waals surface area contributed by atoms with Gasteiger partial charge in [0.15, 0.2) is 0 Å². The fourth-order valence-electron chi connectivity index (χ4n) is 4.45. The van der Waals surface area contributed by atoms with Gasteiger partial charge in [-0.3, -0.25) is 4.90 Å². The van der Waals surface area contributed by atoms with E-state index in [9.17, 15) is 4.79 Å². The number of hydrogen-bond acceptors (Lipinski definition) is 5. The van der Waals surface area contributed by atoms with Crippen molar-refractivity contribution in [3.05, 3.63) is 66.7 Å². The molecular formula is C24H25N3O3. The van der Waals surface area contributed by atoms with E-state index in [1.54, 1.807) is 4.90 Å². The monoisotopic (exact) mass is 403 g/mol. The summed E-state index contributed by atoms with van der Waals surface area (Å²) in [6.07, 6.45) is 3.58. The maximum atomic E-state index is 12.4. The molecule has 1 aliphatic carbocycles. The summed E-state index contributed by atoms with van der Waals surface area (Å²) < 4.78 is 11.3. The van der Waals surface area contributed by atoms with Gasteiger partial charge in [0.1, 0.15) is 11.3 Å². The van der Waals surface area contributed by atoms with Crippen LogP contribution in [0.1, 0.15) is 25.7 Å². The molecule has 2 aliphatic rings. The first-order valence-electron chi connectivity index (χ1n) is 10.5. The van der Waals surface area contributed by atoms with Gasteiger partial charge in [-0.2, -0.15) is 0 Å².